The number of rotatable bonds is 5. The van der Waals surface area contributed by atoms with E-state index in [1.807, 2.05) is 24.3 Å². The van der Waals surface area contributed by atoms with Crippen molar-refractivity contribution in [2.45, 2.75) is 38.0 Å². The van der Waals surface area contributed by atoms with Crippen LogP contribution in [0.15, 0.2) is 30.5 Å². The number of ether oxygens (including phenoxy) is 1. The molecule has 3 rings (SSSR count). The third-order valence-electron chi connectivity index (χ3n) is 4.70. The van der Waals surface area contributed by atoms with Gasteiger partial charge in [-0.2, -0.15) is 0 Å². The SMILES string of the molecule is COC(=O)[C@H](Cc1cnc2ccccc2n1)NC(=O)[C@@H]1C[C@@H](O)CN1C(C)=O. The third-order valence-corrected chi connectivity index (χ3v) is 4.70. The van der Waals surface area contributed by atoms with Crippen molar-refractivity contribution in [1.82, 2.24) is 20.2 Å². The van der Waals surface area contributed by atoms with E-state index in [0.29, 0.717) is 11.2 Å². The maximum atomic E-state index is 12.7. The second kappa shape index (κ2) is 8.30. The maximum Gasteiger partial charge on any atom is 0.328 e. The van der Waals surface area contributed by atoms with Gasteiger partial charge in [0, 0.05) is 32.5 Å². The third kappa shape index (κ3) is 4.25. The Morgan fingerprint density at radius 2 is 2.04 bits per heavy atom. The molecule has 2 amide bonds. The predicted octanol–water partition coefficient (Wildman–Crippen LogP) is -0.188. The molecule has 9 heteroatoms. The van der Waals surface area contributed by atoms with Gasteiger partial charge < -0.3 is 20.1 Å². The van der Waals surface area contributed by atoms with Crippen LogP contribution in [0.25, 0.3) is 11.0 Å². The molecule has 0 aliphatic carbocycles. The number of para-hydroxylation sites is 2. The summed E-state index contributed by atoms with van der Waals surface area (Å²) in [4.78, 5) is 46.7. The predicted molar refractivity (Wildman–Crippen MR) is 99.0 cm³/mol. The minimum atomic E-state index is -0.987. The van der Waals surface area contributed by atoms with Crippen molar-refractivity contribution in [3.63, 3.8) is 0 Å². The van der Waals surface area contributed by atoms with Crippen LogP contribution in [0.1, 0.15) is 19.0 Å². The summed E-state index contributed by atoms with van der Waals surface area (Å²) in [5.74, 6) is -1.46. The zero-order chi connectivity index (χ0) is 20.3. The fourth-order valence-corrected chi connectivity index (χ4v) is 3.32. The van der Waals surface area contributed by atoms with Crippen LogP contribution in [-0.2, 0) is 25.5 Å². The molecular formula is C19H22N4O5. The summed E-state index contributed by atoms with van der Waals surface area (Å²) in [6.45, 7) is 1.42. The lowest BCUT2D eigenvalue weighted by Crippen LogP contribution is -2.51. The molecule has 3 atom stereocenters. The van der Waals surface area contributed by atoms with Gasteiger partial charge in [-0.25, -0.2) is 9.78 Å². The number of nitrogens with zero attached hydrogens (tertiary/aromatic N) is 3. The van der Waals surface area contributed by atoms with Crippen LogP contribution in [0, 0.1) is 0 Å². The van der Waals surface area contributed by atoms with Crippen LogP contribution < -0.4 is 5.32 Å². The van der Waals surface area contributed by atoms with Gasteiger partial charge in [-0.1, -0.05) is 12.1 Å². The van der Waals surface area contributed by atoms with Crippen LogP contribution >= 0.6 is 0 Å². The Labute approximate surface area is 161 Å². The number of carbonyl (C=O) groups is 3. The number of benzene rings is 1. The van der Waals surface area contributed by atoms with Crippen molar-refractivity contribution >= 4 is 28.8 Å². The first kappa shape index (κ1) is 19.7. The average Bonchev–Trinajstić information content (AvgIpc) is 3.09. The Morgan fingerprint density at radius 3 is 2.71 bits per heavy atom. The molecule has 0 bridgehead atoms. The van der Waals surface area contributed by atoms with Gasteiger partial charge in [0.15, 0.2) is 0 Å². The molecule has 2 heterocycles. The number of nitrogens with one attached hydrogen (secondary N) is 1. The molecule has 1 saturated heterocycles. The van der Waals surface area contributed by atoms with E-state index in [1.54, 1.807) is 6.20 Å². The summed E-state index contributed by atoms with van der Waals surface area (Å²) in [7, 11) is 1.23. The quantitative estimate of drug-likeness (QED) is 0.683. The molecule has 0 spiro atoms. The molecular weight excluding hydrogens is 364 g/mol. The van der Waals surface area contributed by atoms with E-state index in [2.05, 4.69) is 15.3 Å². The second-order valence-electron chi connectivity index (χ2n) is 6.72. The van der Waals surface area contributed by atoms with E-state index < -0.39 is 30.1 Å². The van der Waals surface area contributed by atoms with Crippen LogP contribution in [0.3, 0.4) is 0 Å². The number of aromatic nitrogens is 2. The molecule has 1 aromatic heterocycles. The molecule has 2 N–H and O–H groups in total. The maximum absolute atomic E-state index is 12.7. The van der Waals surface area contributed by atoms with Crippen molar-refractivity contribution in [2.75, 3.05) is 13.7 Å². The number of likely N-dealkylation sites (tertiary alicyclic amines) is 1. The number of hydrogen-bond donors (Lipinski definition) is 2. The molecule has 0 unspecified atom stereocenters. The van der Waals surface area contributed by atoms with E-state index in [0.717, 1.165) is 5.52 Å². The van der Waals surface area contributed by atoms with Crippen molar-refractivity contribution in [3.8, 4) is 0 Å². The number of methoxy groups -OCH3 is 1. The minimum Gasteiger partial charge on any atom is -0.467 e. The highest BCUT2D eigenvalue weighted by atomic mass is 16.5. The fraction of sp³-hybridized carbons (Fsp3) is 0.421. The highest BCUT2D eigenvalue weighted by Gasteiger charge is 2.39. The normalized spacial score (nSPS) is 20.0. The number of β-amino-alcohol motifs (C(OH)–C–C–N with tert-alkyl or cyclic N) is 1. The second-order valence-corrected chi connectivity index (χ2v) is 6.72. The van der Waals surface area contributed by atoms with Crippen molar-refractivity contribution in [2.24, 2.45) is 0 Å². The number of carbonyl (C=O) groups excluding carboxylic acids is 3. The van der Waals surface area contributed by atoms with Crippen LogP contribution in [0.2, 0.25) is 0 Å². The van der Waals surface area contributed by atoms with Crippen LogP contribution in [0.5, 0.6) is 0 Å². The molecule has 1 fully saturated rings. The van der Waals surface area contributed by atoms with Gasteiger partial charge in [-0.15, -0.1) is 0 Å². The van der Waals surface area contributed by atoms with E-state index in [-0.39, 0.29) is 25.3 Å². The Kier molecular flexibility index (Phi) is 5.84. The van der Waals surface area contributed by atoms with E-state index in [9.17, 15) is 19.5 Å². The molecule has 148 valence electrons. The summed E-state index contributed by atoms with van der Waals surface area (Å²) < 4.78 is 4.80. The first-order chi connectivity index (χ1) is 13.4. The van der Waals surface area contributed by atoms with Crippen molar-refractivity contribution < 1.29 is 24.2 Å². The largest absolute Gasteiger partial charge is 0.467 e. The van der Waals surface area contributed by atoms with Gasteiger partial charge in [-0.05, 0) is 12.1 Å². The number of aliphatic hydroxyl groups excluding tert-OH is 1. The Morgan fingerprint density at radius 1 is 1.32 bits per heavy atom. The zero-order valence-electron chi connectivity index (χ0n) is 15.7. The van der Waals surface area contributed by atoms with Gasteiger partial charge in [0.25, 0.3) is 0 Å². The summed E-state index contributed by atoms with van der Waals surface area (Å²) in [6.07, 6.45) is 0.981. The van der Waals surface area contributed by atoms with Crippen LogP contribution in [-0.4, -0.2) is 69.6 Å². The Bertz CT molecular complexity index is 903. The molecule has 9 nitrogen and oxygen atoms in total. The molecule has 1 aliphatic rings. The number of amides is 2. The standard InChI is InChI=1S/C19H22N4O5/c1-11(24)23-10-13(25)8-17(23)18(26)22-16(19(27)28-2)7-12-9-20-14-5-3-4-6-15(14)21-12/h3-6,9,13,16-17,25H,7-8,10H2,1-2H3,(H,22,26)/t13-,16+,17+/m1/s1. The molecule has 0 saturated carbocycles. The Hall–Kier alpha value is -3.07. The number of aliphatic hydroxyl groups is 1. The minimum absolute atomic E-state index is 0.0889. The number of esters is 1. The monoisotopic (exact) mass is 386 g/mol. The Balaban J connectivity index is 1.77. The van der Waals surface area contributed by atoms with Gasteiger partial charge in [0.05, 0.1) is 29.9 Å². The number of fused-ring (bicyclic) bond motifs is 1. The average molecular weight is 386 g/mol. The van der Waals surface area contributed by atoms with E-state index in [1.165, 1.54) is 18.9 Å². The summed E-state index contributed by atoms with van der Waals surface area (Å²) in [5, 5.41) is 12.4. The summed E-state index contributed by atoms with van der Waals surface area (Å²) >= 11 is 0. The molecule has 2 aromatic rings. The summed E-state index contributed by atoms with van der Waals surface area (Å²) in [5.41, 5.74) is 1.92. The van der Waals surface area contributed by atoms with Gasteiger partial charge in [0.2, 0.25) is 11.8 Å². The van der Waals surface area contributed by atoms with Gasteiger partial charge >= 0.3 is 5.97 Å². The van der Waals surface area contributed by atoms with E-state index in [4.69, 9.17) is 4.74 Å². The lowest BCUT2D eigenvalue weighted by atomic mass is 10.1. The zero-order valence-corrected chi connectivity index (χ0v) is 15.7. The lowest BCUT2D eigenvalue weighted by molar-refractivity contribution is -0.146. The first-order valence-corrected chi connectivity index (χ1v) is 8.93. The van der Waals surface area contributed by atoms with Gasteiger partial charge in [0.1, 0.15) is 12.1 Å². The lowest BCUT2D eigenvalue weighted by Gasteiger charge is -2.24. The van der Waals surface area contributed by atoms with E-state index >= 15 is 0 Å². The molecule has 28 heavy (non-hydrogen) atoms. The van der Waals surface area contributed by atoms with Crippen molar-refractivity contribution in [3.05, 3.63) is 36.2 Å². The fourth-order valence-electron chi connectivity index (χ4n) is 3.32. The van der Waals surface area contributed by atoms with Crippen LogP contribution in [0.4, 0.5) is 0 Å². The molecule has 0 radical (unpaired) electrons. The highest BCUT2D eigenvalue weighted by molar-refractivity contribution is 5.91. The molecule has 1 aliphatic heterocycles. The smallest absolute Gasteiger partial charge is 0.328 e. The summed E-state index contributed by atoms with van der Waals surface area (Å²) in [6, 6.07) is 5.50. The van der Waals surface area contributed by atoms with Crippen molar-refractivity contribution in [1.29, 1.82) is 0 Å². The highest BCUT2D eigenvalue weighted by Crippen LogP contribution is 2.19. The topological polar surface area (TPSA) is 122 Å². The van der Waals surface area contributed by atoms with Gasteiger partial charge in [-0.3, -0.25) is 14.6 Å². The first-order valence-electron chi connectivity index (χ1n) is 8.93. The molecule has 1 aromatic carbocycles. The number of hydrogen-bond acceptors (Lipinski definition) is 7.